The zero-order chi connectivity index (χ0) is 13.0. The fourth-order valence-electron chi connectivity index (χ4n) is 1.61. The van der Waals surface area contributed by atoms with E-state index in [0.29, 0.717) is 28.4 Å². The number of hydrogen-bond donors (Lipinski definition) is 1. The Hall–Kier alpha value is -0.120. The number of halogens is 3. The third kappa shape index (κ3) is 4.57. The highest BCUT2D eigenvalue weighted by Crippen LogP contribution is 2.28. The van der Waals surface area contributed by atoms with Crippen molar-refractivity contribution in [2.45, 2.75) is 33.2 Å². The SMILES string of the molecule is CC(CNC(C)C)Cc1ccc(Br)c(Cl)c1F. The summed E-state index contributed by atoms with van der Waals surface area (Å²) in [6.07, 6.45) is 0.693. The molecule has 0 aliphatic heterocycles. The van der Waals surface area contributed by atoms with E-state index in [0.717, 1.165) is 6.54 Å². The van der Waals surface area contributed by atoms with Crippen LogP contribution in [-0.2, 0) is 6.42 Å². The molecule has 1 atom stereocenters. The van der Waals surface area contributed by atoms with Crippen molar-refractivity contribution in [2.75, 3.05) is 6.54 Å². The number of benzene rings is 1. The number of nitrogens with one attached hydrogen (secondary N) is 1. The summed E-state index contributed by atoms with van der Waals surface area (Å²) in [4.78, 5) is 0. The van der Waals surface area contributed by atoms with Gasteiger partial charge in [-0.15, -0.1) is 0 Å². The largest absolute Gasteiger partial charge is 0.314 e. The smallest absolute Gasteiger partial charge is 0.146 e. The van der Waals surface area contributed by atoms with Crippen LogP contribution < -0.4 is 5.32 Å². The Morgan fingerprint density at radius 1 is 1.35 bits per heavy atom. The van der Waals surface area contributed by atoms with E-state index >= 15 is 0 Å². The molecule has 0 fully saturated rings. The summed E-state index contributed by atoms with van der Waals surface area (Å²) in [5.74, 6) is 0.0709. The summed E-state index contributed by atoms with van der Waals surface area (Å²) < 4.78 is 14.4. The van der Waals surface area contributed by atoms with Gasteiger partial charge in [0.1, 0.15) is 5.82 Å². The molecule has 0 saturated heterocycles. The molecular formula is C13H18BrClFN. The van der Waals surface area contributed by atoms with Crippen molar-refractivity contribution in [2.24, 2.45) is 5.92 Å². The van der Waals surface area contributed by atoms with Crippen molar-refractivity contribution in [1.82, 2.24) is 5.32 Å². The molecule has 0 bridgehead atoms. The molecule has 0 spiro atoms. The third-order valence-corrected chi connectivity index (χ3v) is 3.82. The molecule has 17 heavy (non-hydrogen) atoms. The van der Waals surface area contributed by atoms with Crippen LogP contribution in [0.4, 0.5) is 4.39 Å². The van der Waals surface area contributed by atoms with Gasteiger partial charge >= 0.3 is 0 Å². The first-order valence-corrected chi connectivity index (χ1v) is 6.94. The van der Waals surface area contributed by atoms with E-state index < -0.39 is 0 Å². The minimum atomic E-state index is -0.308. The Bertz CT molecular complexity index is 382. The van der Waals surface area contributed by atoms with Gasteiger partial charge in [0, 0.05) is 10.5 Å². The van der Waals surface area contributed by atoms with Crippen molar-refractivity contribution in [1.29, 1.82) is 0 Å². The second-order valence-corrected chi connectivity index (χ2v) is 5.94. The first-order valence-electron chi connectivity index (χ1n) is 5.77. The summed E-state index contributed by atoms with van der Waals surface area (Å²) in [7, 11) is 0. The van der Waals surface area contributed by atoms with Crippen molar-refractivity contribution < 1.29 is 4.39 Å². The van der Waals surface area contributed by atoms with Crippen LogP contribution in [0.5, 0.6) is 0 Å². The summed E-state index contributed by atoms with van der Waals surface area (Å²) >= 11 is 9.07. The van der Waals surface area contributed by atoms with E-state index in [-0.39, 0.29) is 10.8 Å². The average molecular weight is 323 g/mol. The Morgan fingerprint density at radius 3 is 2.59 bits per heavy atom. The molecule has 1 rings (SSSR count). The van der Waals surface area contributed by atoms with Gasteiger partial charge in [-0.2, -0.15) is 0 Å². The van der Waals surface area contributed by atoms with Crippen LogP contribution in [0.15, 0.2) is 16.6 Å². The maximum absolute atomic E-state index is 13.8. The molecule has 0 radical (unpaired) electrons. The van der Waals surface area contributed by atoms with Crippen LogP contribution in [0, 0.1) is 11.7 Å². The van der Waals surface area contributed by atoms with Crippen LogP contribution in [-0.4, -0.2) is 12.6 Å². The first-order chi connectivity index (χ1) is 7.91. The second kappa shape index (κ2) is 6.72. The van der Waals surface area contributed by atoms with E-state index in [1.165, 1.54) is 0 Å². The van der Waals surface area contributed by atoms with Gasteiger partial charge in [-0.05, 0) is 46.4 Å². The van der Waals surface area contributed by atoms with E-state index in [2.05, 4.69) is 42.0 Å². The lowest BCUT2D eigenvalue weighted by Crippen LogP contribution is -2.28. The Morgan fingerprint density at radius 2 is 2.00 bits per heavy atom. The van der Waals surface area contributed by atoms with E-state index in [1.807, 2.05) is 0 Å². The molecule has 1 nitrogen and oxygen atoms in total. The Kier molecular flexibility index (Phi) is 5.90. The van der Waals surface area contributed by atoms with Gasteiger partial charge in [-0.25, -0.2) is 4.39 Å². The molecule has 96 valence electrons. The second-order valence-electron chi connectivity index (χ2n) is 4.71. The van der Waals surface area contributed by atoms with Crippen molar-refractivity contribution in [3.8, 4) is 0 Å². The normalized spacial score (nSPS) is 13.1. The van der Waals surface area contributed by atoms with Crippen LogP contribution in [0.25, 0.3) is 0 Å². The lowest BCUT2D eigenvalue weighted by molar-refractivity contribution is 0.467. The molecule has 0 aliphatic rings. The Balaban J connectivity index is 2.65. The summed E-state index contributed by atoms with van der Waals surface area (Å²) in [5.41, 5.74) is 0.677. The lowest BCUT2D eigenvalue weighted by atomic mass is 10.0. The van der Waals surface area contributed by atoms with E-state index in [4.69, 9.17) is 11.6 Å². The predicted molar refractivity (Wildman–Crippen MR) is 75.1 cm³/mol. The highest BCUT2D eigenvalue weighted by molar-refractivity contribution is 9.10. The van der Waals surface area contributed by atoms with Gasteiger partial charge in [-0.3, -0.25) is 0 Å². The molecule has 4 heteroatoms. The van der Waals surface area contributed by atoms with Crippen molar-refractivity contribution >= 4 is 27.5 Å². The molecule has 1 aromatic carbocycles. The molecular weight excluding hydrogens is 305 g/mol. The van der Waals surface area contributed by atoms with Crippen LogP contribution in [0.2, 0.25) is 5.02 Å². The van der Waals surface area contributed by atoms with Crippen LogP contribution in [0.1, 0.15) is 26.3 Å². The zero-order valence-electron chi connectivity index (χ0n) is 10.4. The maximum atomic E-state index is 13.8. The zero-order valence-corrected chi connectivity index (χ0v) is 12.7. The fraction of sp³-hybridized carbons (Fsp3) is 0.538. The summed E-state index contributed by atoms with van der Waals surface area (Å²) in [6, 6.07) is 4.04. The molecule has 1 N–H and O–H groups in total. The lowest BCUT2D eigenvalue weighted by Gasteiger charge is -2.15. The van der Waals surface area contributed by atoms with Crippen molar-refractivity contribution in [3.63, 3.8) is 0 Å². The van der Waals surface area contributed by atoms with Gasteiger partial charge < -0.3 is 5.32 Å². The standard InChI is InChI=1S/C13H18BrClFN/c1-8(2)17-7-9(3)6-10-4-5-11(14)12(15)13(10)16/h4-5,8-9,17H,6-7H2,1-3H3. The van der Waals surface area contributed by atoms with Crippen LogP contribution in [0.3, 0.4) is 0 Å². The minimum absolute atomic E-state index is 0.173. The van der Waals surface area contributed by atoms with Gasteiger partial charge in [0.05, 0.1) is 5.02 Å². The first kappa shape index (κ1) is 14.9. The fourth-order valence-corrected chi connectivity index (χ4v) is 2.10. The molecule has 0 aromatic heterocycles. The number of hydrogen-bond acceptors (Lipinski definition) is 1. The van der Waals surface area contributed by atoms with Gasteiger partial charge in [-0.1, -0.05) is 38.4 Å². The summed E-state index contributed by atoms with van der Waals surface area (Å²) in [6.45, 7) is 7.18. The van der Waals surface area contributed by atoms with E-state index in [1.54, 1.807) is 12.1 Å². The molecule has 1 unspecified atom stereocenters. The molecule has 0 amide bonds. The van der Waals surface area contributed by atoms with E-state index in [9.17, 15) is 4.39 Å². The molecule has 1 aromatic rings. The molecule has 0 saturated carbocycles. The van der Waals surface area contributed by atoms with Gasteiger partial charge in [0.2, 0.25) is 0 Å². The van der Waals surface area contributed by atoms with Crippen molar-refractivity contribution in [3.05, 3.63) is 33.0 Å². The topological polar surface area (TPSA) is 12.0 Å². The number of rotatable bonds is 5. The third-order valence-electron chi connectivity index (χ3n) is 2.56. The Labute approximate surface area is 116 Å². The maximum Gasteiger partial charge on any atom is 0.146 e. The monoisotopic (exact) mass is 321 g/mol. The van der Waals surface area contributed by atoms with Gasteiger partial charge in [0.15, 0.2) is 0 Å². The molecule has 0 heterocycles. The predicted octanol–water partition coefficient (Wildman–Crippen LogP) is 4.42. The summed E-state index contributed by atoms with van der Waals surface area (Å²) in [5, 5.41) is 3.52. The van der Waals surface area contributed by atoms with Crippen LogP contribution >= 0.6 is 27.5 Å². The highest BCUT2D eigenvalue weighted by atomic mass is 79.9. The molecule has 0 aliphatic carbocycles. The minimum Gasteiger partial charge on any atom is -0.314 e. The quantitative estimate of drug-likeness (QED) is 0.791. The highest BCUT2D eigenvalue weighted by Gasteiger charge is 2.13. The van der Waals surface area contributed by atoms with Gasteiger partial charge in [0.25, 0.3) is 0 Å². The average Bonchev–Trinajstić information content (AvgIpc) is 2.27.